The van der Waals surface area contributed by atoms with Crippen LogP contribution in [0.1, 0.15) is 52.9 Å². The Morgan fingerprint density at radius 2 is 1.72 bits per heavy atom. The van der Waals surface area contributed by atoms with Gasteiger partial charge >= 0.3 is 0 Å². The number of aliphatic hydroxyl groups excluding tert-OH is 1. The maximum Gasteiger partial charge on any atom is 0.164 e. The van der Waals surface area contributed by atoms with Gasteiger partial charge in [0.25, 0.3) is 0 Å². The number of aliphatic hydroxyl groups is 1. The molecule has 159 valence electrons. The number of carbonyl (C=O) groups excluding carboxylic acids is 1. The monoisotopic (exact) mass is 572 g/mol. The molecular formula is C24H31IrN2O2-. The Morgan fingerprint density at radius 3 is 2.28 bits per heavy atom. The number of aromatic nitrogens is 2. The smallest absolute Gasteiger partial charge is 0.164 e. The summed E-state index contributed by atoms with van der Waals surface area (Å²) in [4.78, 5) is 16.1. The molecule has 3 aromatic rings. The summed E-state index contributed by atoms with van der Waals surface area (Å²) in [6.45, 7) is 15.2. The van der Waals surface area contributed by atoms with Gasteiger partial charge in [-0.15, -0.1) is 35.0 Å². The maximum absolute atomic E-state index is 11.5. The van der Waals surface area contributed by atoms with E-state index in [1.54, 1.807) is 0 Å². The van der Waals surface area contributed by atoms with E-state index >= 15 is 0 Å². The molecule has 0 unspecified atom stereocenters. The molecule has 3 rings (SSSR count). The first-order chi connectivity index (χ1) is 12.8. The molecule has 1 N–H and O–H groups in total. The molecule has 0 aliphatic heterocycles. The Hall–Kier alpha value is -1.97. The second-order valence-corrected chi connectivity index (χ2v) is 9.19. The Kier molecular flexibility index (Phi) is 7.98. The van der Waals surface area contributed by atoms with E-state index in [1.165, 1.54) is 17.2 Å². The van der Waals surface area contributed by atoms with Crippen molar-refractivity contribution >= 4 is 22.2 Å². The fourth-order valence-corrected chi connectivity index (χ4v) is 2.48. The molecule has 5 heteroatoms. The van der Waals surface area contributed by atoms with Gasteiger partial charge in [0.1, 0.15) is 5.76 Å². The third kappa shape index (κ3) is 6.00. The van der Waals surface area contributed by atoms with Gasteiger partial charge in [0.05, 0.1) is 5.65 Å². The molecule has 1 radical (unpaired) electrons. The van der Waals surface area contributed by atoms with E-state index in [9.17, 15) is 9.90 Å². The van der Waals surface area contributed by atoms with Crippen LogP contribution in [-0.4, -0.2) is 20.3 Å². The average molecular weight is 572 g/mol. The summed E-state index contributed by atoms with van der Waals surface area (Å²) >= 11 is 0. The van der Waals surface area contributed by atoms with Gasteiger partial charge < -0.3 is 9.51 Å². The first kappa shape index (κ1) is 25.1. The average Bonchev–Trinajstić information content (AvgIpc) is 2.89. The predicted octanol–water partition coefficient (Wildman–Crippen LogP) is 5.99. The zero-order valence-electron chi connectivity index (χ0n) is 18.5. The Labute approximate surface area is 187 Å². The molecule has 0 bridgehead atoms. The fraction of sp³-hybridized carbons (Fsp3) is 0.417. The van der Waals surface area contributed by atoms with Gasteiger partial charge in [-0.05, 0) is 20.0 Å². The van der Waals surface area contributed by atoms with Gasteiger partial charge in [0.15, 0.2) is 5.78 Å². The van der Waals surface area contributed by atoms with Crippen LogP contribution in [-0.2, 0) is 24.9 Å². The van der Waals surface area contributed by atoms with E-state index in [2.05, 4.69) is 40.7 Å². The summed E-state index contributed by atoms with van der Waals surface area (Å²) in [6, 6.07) is 11.4. The van der Waals surface area contributed by atoms with Gasteiger partial charge in [-0.3, -0.25) is 9.78 Å². The van der Waals surface area contributed by atoms with E-state index in [1.807, 2.05) is 60.6 Å². The van der Waals surface area contributed by atoms with Crippen molar-refractivity contribution in [3.05, 3.63) is 59.8 Å². The molecule has 1 aromatic carbocycles. The molecule has 0 amide bonds. The van der Waals surface area contributed by atoms with Crippen LogP contribution in [0, 0.1) is 30.7 Å². The number of allylic oxidation sites excluding steroid dienone is 2. The van der Waals surface area contributed by atoms with Crippen molar-refractivity contribution in [2.75, 3.05) is 0 Å². The molecule has 0 saturated carbocycles. The second kappa shape index (κ2) is 9.23. The molecular weight excluding hydrogens is 540 g/mol. The SMILES string of the molecule is CC(C)(C)C(=O)/C=C(\O)C(C)(C)C.Cc1nc2c3[c-]cccc3ccn2c1C.[Ir]. The largest absolute Gasteiger partial charge is 0.512 e. The first-order valence-corrected chi connectivity index (χ1v) is 9.52. The zero-order valence-corrected chi connectivity index (χ0v) is 20.9. The first-order valence-electron chi connectivity index (χ1n) is 9.52. The van der Waals surface area contributed by atoms with Crippen LogP contribution in [0.25, 0.3) is 16.4 Å². The van der Waals surface area contributed by atoms with E-state index in [0.29, 0.717) is 0 Å². The van der Waals surface area contributed by atoms with Crippen LogP contribution in [0.3, 0.4) is 0 Å². The number of aryl methyl sites for hydroxylation is 2. The van der Waals surface area contributed by atoms with Gasteiger partial charge in [-0.1, -0.05) is 47.6 Å². The molecule has 0 spiro atoms. The van der Waals surface area contributed by atoms with Crippen LogP contribution in [0.15, 0.2) is 42.3 Å². The summed E-state index contributed by atoms with van der Waals surface area (Å²) in [5.41, 5.74) is 2.52. The number of hydrogen-bond donors (Lipinski definition) is 1. The van der Waals surface area contributed by atoms with Crippen LogP contribution >= 0.6 is 0 Å². The zero-order chi connectivity index (χ0) is 21.3. The van der Waals surface area contributed by atoms with E-state index in [-0.39, 0.29) is 37.1 Å². The van der Waals surface area contributed by atoms with E-state index in [0.717, 1.165) is 16.7 Å². The van der Waals surface area contributed by atoms with Crippen molar-refractivity contribution in [1.82, 2.24) is 9.38 Å². The number of hydrogen-bond acceptors (Lipinski definition) is 3. The van der Waals surface area contributed by atoms with Crippen molar-refractivity contribution in [3.8, 4) is 0 Å². The summed E-state index contributed by atoms with van der Waals surface area (Å²) in [5, 5.41) is 11.8. The summed E-state index contributed by atoms with van der Waals surface area (Å²) < 4.78 is 2.12. The number of imidazole rings is 1. The van der Waals surface area contributed by atoms with E-state index in [4.69, 9.17) is 0 Å². The number of fused-ring (bicyclic) bond motifs is 3. The summed E-state index contributed by atoms with van der Waals surface area (Å²) in [6.07, 6.45) is 3.40. The molecule has 2 aromatic heterocycles. The number of nitrogens with zero attached hydrogens (tertiary/aromatic N) is 2. The number of ketones is 1. The number of carbonyl (C=O) groups is 1. The quantitative estimate of drug-likeness (QED) is 0.222. The molecule has 0 aliphatic carbocycles. The van der Waals surface area contributed by atoms with Crippen molar-refractivity contribution < 1.29 is 30.0 Å². The molecule has 0 saturated heterocycles. The van der Waals surface area contributed by atoms with E-state index < -0.39 is 5.41 Å². The number of rotatable bonds is 1. The van der Waals surface area contributed by atoms with Gasteiger partial charge in [-0.25, -0.2) is 0 Å². The van der Waals surface area contributed by atoms with Gasteiger partial charge in [0, 0.05) is 48.4 Å². The third-order valence-corrected chi connectivity index (χ3v) is 4.68. The number of pyridine rings is 1. The van der Waals surface area contributed by atoms with Gasteiger partial charge in [0.2, 0.25) is 0 Å². The standard InChI is InChI=1S/C13H11N2.C11H20O2.Ir/c1-9-10(2)15-8-7-11-5-3-4-6-12(11)13(15)14-9;1-10(2,3)8(12)7-9(13)11(4,5)6;/h3-5,7-8H,1-2H3;7,12H,1-6H3;/q-1;;/b;8-7-;. The Morgan fingerprint density at radius 1 is 1.10 bits per heavy atom. The van der Waals surface area contributed by atoms with Crippen molar-refractivity contribution in [2.45, 2.75) is 55.4 Å². The second-order valence-electron chi connectivity index (χ2n) is 9.19. The number of benzene rings is 1. The minimum absolute atomic E-state index is 0. The third-order valence-electron chi connectivity index (χ3n) is 4.68. The van der Waals surface area contributed by atoms with Gasteiger partial charge in [-0.2, -0.15) is 0 Å². The molecule has 2 heterocycles. The molecule has 0 atom stereocenters. The van der Waals surface area contributed by atoms with Crippen molar-refractivity contribution in [3.63, 3.8) is 0 Å². The Bertz CT molecular complexity index is 1030. The van der Waals surface area contributed by atoms with Crippen LogP contribution < -0.4 is 0 Å². The predicted molar refractivity (Wildman–Crippen MR) is 116 cm³/mol. The van der Waals surface area contributed by atoms with Crippen LogP contribution in [0.2, 0.25) is 0 Å². The fourth-order valence-electron chi connectivity index (χ4n) is 2.48. The summed E-state index contributed by atoms with van der Waals surface area (Å²) in [5.74, 6) is 0.104. The molecule has 29 heavy (non-hydrogen) atoms. The summed E-state index contributed by atoms with van der Waals surface area (Å²) in [7, 11) is 0. The molecule has 0 aliphatic rings. The minimum atomic E-state index is -0.417. The van der Waals surface area contributed by atoms with Crippen LogP contribution in [0.4, 0.5) is 0 Å². The normalized spacial score (nSPS) is 12.3. The molecule has 4 nitrogen and oxygen atoms in total. The van der Waals surface area contributed by atoms with Crippen LogP contribution in [0.5, 0.6) is 0 Å². The topological polar surface area (TPSA) is 54.6 Å². The van der Waals surface area contributed by atoms with Crippen molar-refractivity contribution in [2.24, 2.45) is 10.8 Å². The van der Waals surface area contributed by atoms with Crippen molar-refractivity contribution in [1.29, 1.82) is 0 Å². The Balaban J connectivity index is 0.000000285. The maximum atomic E-state index is 11.5. The molecule has 0 fully saturated rings. The minimum Gasteiger partial charge on any atom is -0.512 e.